The molecule has 0 aromatic heterocycles. The maximum absolute atomic E-state index is 11.8. The highest BCUT2D eigenvalue weighted by Crippen LogP contribution is 2.12. The summed E-state index contributed by atoms with van der Waals surface area (Å²) in [6.07, 6.45) is 0.182. The third kappa shape index (κ3) is 3.07. The molecule has 0 spiro atoms. The second-order valence-electron chi connectivity index (χ2n) is 4.02. The molecule has 0 aliphatic rings. The number of aryl methyl sites for hydroxylation is 1. The Morgan fingerprint density at radius 2 is 2.12 bits per heavy atom. The minimum Gasteiger partial charge on any atom is -0.391 e. The minimum atomic E-state index is -0.464. The van der Waals surface area contributed by atoms with Crippen LogP contribution in [0, 0.1) is 13.8 Å². The van der Waals surface area contributed by atoms with Crippen LogP contribution in [0.1, 0.15) is 34.8 Å². The van der Waals surface area contributed by atoms with Crippen LogP contribution in [-0.4, -0.2) is 23.7 Å². The number of benzene rings is 1. The lowest BCUT2D eigenvalue weighted by molar-refractivity contribution is 0.0913. The van der Waals surface area contributed by atoms with Gasteiger partial charge in [0.1, 0.15) is 0 Å². The summed E-state index contributed by atoms with van der Waals surface area (Å²) in [7, 11) is 0. The van der Waals surface area contributed by atoms with Gasteiger partial charge in [-0.1, -0.05) is 19.1 Å². The first-order valence-electron chi connectivity index (χ1n) is 5.58. The van der Waals surface area contributed by atoms with Crippen molar-refractivity contribution in [1.82, 2.24) is 5.32 Å². The molecule has 1 aromatic carbocycles. The van der Waals surface area contributed by atoms with Gasteiger partial charge in [-0.25, -0.2) is 0 Å². The van der Waals surface area contributed by atoms with Gasteiger partial charge in [-0.05, 0) is 37.5 Å². The Morgan fingerprint density at radius 3 is 2.75 bits per heavy atom. The molecule has 88 valence electrons. The first-order valence-corrected chi connectivity index (χ1v) is 5.58. The fourth-order valence-electron chi connectivity index (χ4n) is 1.45. The lowest BCUT2D eigenvalue weighted by Crippen LogP contribution is -2.32. The highest BCUT2D eigenvalue weighted by atomic mass is 16.3. The Balaban J connectivity index is 2.70. The van der Waals surface area contributed by atoms with Gasteiger partial charge in [0.05, 0.1) is 6.10 Å². The van der Waals surface area contributed by atoms with E-state index in [-0.39, 0.29) is 5.91 Å². The van der Waals surface area contributed by atoms with Crippen molar-refractivity contribution in [3.8, 4) is 0 Å². The molecule has 1 rings (SSSR count). The van der Waals surface area contributed by atoms with Crippen LogP contribution in [0.4, 0.5) is 0 Å². The molecule has 0 aliphatic heterocycles. The van der Waals surface area contributed by atoms with Gasteiger partial charge in [0.15, 0.2) is 0 Å². The van der Waals surface area contributed by atoms with E-state index >= 15 is 0 Å². The maximum atomic E-state index is 11.8. The Hall–Kier alpha value is -1.35. The molecule has 3 nitrogen and oxygen atoms in total. The Labute approximate surface area is 96.5 Å². The summed E-state index contributed by atoms with van der Waals surface area (Å²) >= 11 is 0. The lowest BCUT2D eigenvalue weighted by atomic mass is 10.0. The van der Waals surface area contributed by atoms with Crippen molar-refractivity contribution >= 4 is 5.91 Å². The van der Waals surface area contributed by atoms with E-state index in [1.54, 1.807) is 6.07 Å². The third-order valence-electron chi connectivity index (χ3n) is 2.82. The van der Waals surface area contributed by atoms with Gasteiger partial charge in [0.25, 0.3) is 5.91 Å². The second kappa shape index (κ2) is 5.66. The summed E-state index contributed by atoms with van der Waals surface area (Å²) in [5, 5.41) is 12.1. The van der Waals surface area contributed by atoms with Crippen molar-refractivity contribution in [2.24, 2.45) is 0 Å². The topological polar surface area (TPSA) is 49.3 Å². The van der Waals surface area contributed by atoms with Gasteiger partial charge >= 0.3 is 0 Å². The number of hydrogen-bond acceptors (Lipinski definition) is 2. The molecule has 3 heteroatoms. The molecule has 16 heavy (non-hydrogen) atoms. The zero-order valence-corrected chi connectivity index (χ0v) is 10.1. The number of carbonyl (C=O) groups is 1. The first kappa shape index (κ1) is 12.7. The van der Waals surface area contributed by atoms with Crippen molar-refractivity contribution in [2.75, 3.05) is 6.54 Å². The number of amides is 1. The predicted molar refractivity (Wildman–Crippen MR) is 64.5 cm³/mol. The monoisotopic (exact) mass is 221 g/mol. The molecule has 1 atom stereocenters. The SMILES string of the molecule is CCC(O)CNC(=O)c1cccc(C)c1C. The largest absolute Gasteiger partial charge is 0.391 e. The summed E-state index contributed by atoms with van der Waals surface area (Å²) in [6.45, 7) is 6.10. The molecule has 0 radical (unpaired) electrons. The van der Waals surface area contributed by atoms with Crippen LogP contribution in [0.25, 0.3) is 0 Å². The average Bonchev–Trinajstić information content (AvgIpc) is 2.29. The van der Waals surface area contributed by atoms with Gasteiger partial charge in [0.2, 0.25) is 0 Å². The van der Waals surface area contributed by atoms with Crippen LogP contribution in [0.15, 0.2) is 18.2 Å². The van der Waals surface area contributed by atoms with Crippen LogP contribution in [0.2, 0.25) is 0 Å². The standard InChI is InChI=1S/C13H19NO2/c1-4-11(15)8-14-13(16)12-7-5-6-9(2)10(12)3/h5-7,11,15H,4,8H2,1-3H3,(H,14,16). The van der Waals surface area contributed by atoms with Crippen molar-refractivity contribution in [3.05, 3.63) is 34.9 Å². The normalized spacial score (nSPS) is 12.2. The van der Waals surface area contributed by atoms with Gasteiger partial charge in [-0.15, -0.1) is 0 Å². The molecular formula is C13H19NO2. The van der Waals surface area contributed by atoms with Gasteiger partial charge in [-0.2, -0.15) is 0 Å². The summed E-state index contributed by atoms with van der Waals surface area (Å²) in [5.41, 5.74) is 2.78. The lowest BCUT2D eigenvalue weighted by Gasteiger charge is -2.11. The number of aliphatic hydroxyl groups excluding tert-OH is 1. The molecule has 1 aromatic rings. The van der Waals surface area contributed by atoms with Crippen LogP contribution >= 0.6 is 0 Å². The second-order valence-corrected chi connectivity index (χ2v) is 4.02. The van der Waals surface area contributed by atoms with Crippen LogP contribution in [0.5, 0.6) is 0 Å². The van der Waals surface area contributed by atoms with Gasteiger partial charge < -0.3 is 10.4 Å². The van der Waals surface area contributed by atoms with E-state index in [1.807, 2.05) is 32.9 Å². The Morgan fingerprint density at radius 1 is 1.44 bits per heavy atom. The number of carbonyl (C=O) groups excluding carboxylic acids is 1. The van der Waals surface area contributed by atoms with E-state index in [4.69, 9.17) is 0 Å². The summed E-state index contributed by atoms with van der Waals surface area (Å²) in [5.74, 6) is -0.117. The van der Waals surface area contributed by atoms with E-state index in [9.17, 15) is 9.90 Å². The maximum Gasteiger partial charge on any atom is 0.251 e. The van der Waals surface area contributed by atoms with E-state index < -0.39 is 6.10 Å². The van der Waals surface area contributed by atoms with E-state index in [1.165, 1.54) is 0 Å². The number of aliphatic hydroxyl groups is 1. The van der Waals surface area contributed by atoms with Crippen molar-refractivity contribution < 1.29 is 9.90 Å². The molecule has 0 bridgehead atoms. The van der Waals surface area contributed by atoms with E-state index in [2.05, 4.69) is 5.32 Å². The highest BCUT2D eigenvalue weighted by molar-refractivity contribution is 5.95. The van der Waals surface area contributed by atoms with Gasteiger partial charge in [0, 0.05) is 12.1 Å². The number of rotatable bonds is 4. The van der Waals surface area contributed by atoms with Crippen LogP contribution < -0.4 is 5.32 Å². The molecule has 2 N–H and O–H groups in total. The van der Waals surface area contributed by atoms with Gasteiger partial charge in [-0.3, -0.25) is 4.79 Å². The molecule has 1 unspecified atom stereocenters. The average molecular weight is 221 g/mol. The molecule has 0 saturated heterocycles. The summed E-state index contributed by atoms with van der Waals surface area (Å²) in [6, 6.07) is 5.65. The number of nitrogens with one attached hydrogen (secondary N) is 1. The highest BCUT2D eigenvalue weighted by Gasteiger charge is 2.10. The Bertz CT molecular complexity index is 374. The van der Waals surface area contributed by atoms with Crippen LogP contribution in [0.3, 0.4) is 0 Å². The van der Waals surface area contributed by atoms with E-state index in [0.717, 1.165) is 11.1 Å². The molecule has 0 aliphatic carbocycles. The molecule has 0 heterocycles. The number of hydrogen-bond donors (Lipinski definition) is 2. The zero-order valence-electron chi connectivity index (χ0n) is 10.1. The third-order valence-corrected chi connectivity index (χ3v) is 2.82. The van der Waals surface area contributed by atoms with Crippen LogP contribution in [-0.2, 0) is 0 Å². The molecule has 0 fully saturated rings. The summed E-state index contributed by atoms with van der Waals surface area (Å²) < 4.78 is 0. The quantitative estimate of drug-likeness (QED) is 0.814. The molecule has 0 saturated carbocycles. The molecule has 1 amide bonds. The smallest absolute Gasteiger partial charge is 0.251 e. The summed E-state index contributed by atoms with van der Waals surface area (Å²) in [4.78, 5) is 11.8. The fourth-order valence-corrected chi connectivity index (χ4v) is 1.45. The zero-order chi connectivity index (χ0) is 12.1. The first-order chi connectivity index (χ1) is 7.56. The Kier molecular flexibility index (Phi) is 4.50. The van der Waals surface area contributed by atoms with E-state index in [0.29, 0.717) is 18.5 Å². The van der Waals surface area contributed by atoms with Crippen molar-refractivity contribution in [2.45, 2.75) is 33.3 Å². The van der Waals surface area contributed by atoms with Crippen molar-refractivity contribution in [1.29, 1.82) is 0 Å². The van der Waals surface area contributed by atoms with Crippen molar-refractivity contribution in [3.63, 3.8) is 0 Å². The molecular weight excluding hydrogens is 202 g/mol. The fraction of sp³-hybridized carbons (Fsp3) is 0.462. The minimum absolute atomic E-state index is 0.117. The predicted octanol–water partition coefficient (Wildman–Crippen LogP) is 1.80.